The van der Waals surface area contributed by atoms with Crippen LogP contribution in [0.5, 0.6) is 0 Å². The Morgan fingerprint density at radius 1 is 0.902 bits per heavy atom. The molecule has 4 amide bonds. The first-order chi connectivity index (χ1) is 29.2. The van der Waals surface area contributed by atoms with Gasteiger partial charge in [0.2, 0.25) is 17.7 Å². The minimum absolute atomic E-state index is 0.00155. The molecule has 4 atom stereocenters. The van der Waals surface area contributed by atoms with Crippen molar-refractivity contribution in [3.05, 3.63) is 86.3 Å². The number of amides is 4. The fourth-order valence-electron chi connectivity index (χ4n) is 6.77. The van der Waals surface area contributed by atoms with Crippen LogP contribution in [0.2, 0.25) is 0 Å². The summed E-state index contributed by atoms with van der Waals surface area (Å²) in [6.07, 6.45) is 8.47. The van der Waals surface area contributed by atoms with Crippen molar-refractivity contribution in [3.63, 3.8) is 0 Å². The van der Waals surface area contributed by atoms with E-state index in [4.69, 9.17) is 4.74 Å². The third-order valence-corrected chi connectivity index (χ3v) is 11.7. The summed E-state index contributed by atoms with van der Waals surface area (Å²) in [6, 6.07) is 6.67. The van der Waals surface area contributed by atoms with Gasteiger partial charge >= 0.3 is 0 Å². The van der Waals surface area contributed by atoms with Crippen LogP contribution in [0.1, 0.15) is 152 Å². The number of nitrogens with one attached hydrogen (secondary N) is 5. The van der Waals surface area contributed by atoms with E-state index in [1.54, 1.807) is 32.1 Å². The standard InChI is InChI=1S/C43H62F2N6O7S.C2H6/c1-6-8-20-47-43(55)32-23-35(44)34(36(45)24-32)26-49-41(14-7-2)58-29(4)33-22-31(18-19-37(33)51(56)57)25-48-40(54)16-10-9-13-21-46-39(53)17-12-11-15-38-42(50-30(5)52)28(3)27-59-38;1-2/h14,18-19,22-24,28-29,38,42,49H,6-13,15-17,20-21,25-27H2,1-5H3,(H,46,53)(H,47,55)(H,48,54)(H,50,52);1-2H3/b41-14+;. The number of unbranched alkanes of at least 4 members (excludes halogenated alkanes) is 4. The number of hydrogen-bond acceptors (Lipinski definition) is 9. The van der Waals surface area contributed by atoms with Gasteiger partial charge in [-0.15, -0.1) is 0 Å². The summed E-state index contributed by atoms with van der Waals surface area (Å²) >= 11 is 1.90. The molecule has 1 aliphatic rings. The van der Waals surface area contributed by atoms with Crippen LogP contribution in [0.25, 0.3) is 0 Å². The van der Waals surface area contributed by atoms with Gasteiger partial charge in [0.05, 0.1) is 10.5 Å². The molecule has 0 bridgehead atoms. The Bertz CT molecular complexity index is 1740. The Hall–Kier alpha value is -4.73. The summed E-state index contributed by atoms with van der Waals surface area (Å²) in [5, 5.41) is 26.7. The van der Waals surface area contributed by atoms with E-state index in [2.05, 4.69) is 33.5 Å². The van der Waals surface area contributed by atoms with Crippen LogP contribution >= 0.6 is 11.8 Å². The van der Waals surface area contributed by atoms with Crippen molar-refractivity contribution < 1.29 is 37.6 Å². The van der Waals surface area contributed by atoms with Crippen LogP contribution in [0.3, 0.4) is 0 Å². The van der Waals surface area contributed by atoms with E-state index in [0.29, 0.717) is 49.1 Å². The van der Waals surface area contributed by atoms with Gasteiger partial charge in [0.1, 0.15) is 17.7 Å². The number of nitro benzene ring substituents is 1. The summed E-state index contributed by atoms with van der Waals surface area (Å²) in [6.45, 7) is 13.9. The molecule has 2 aromatic carbocycles. The van der Waals surface area contributed by atoms with Crippen LogP contribution in [-0.4, -0.2) is 58.7 Å². The molecular formula is C45H68F2N6O7S. The van der Waals surface area contributed by atoms with Gasteiger partial charge in [0, 0.05) is 74.4 Å². The third-order valence-electron chi connectivity index (χ3n) is 10.1. The van der Waals surface area contributed by atoms with E-state index in [1.807, 2.05) is 39.5 Å². The number of nitro groups is 1. The Morgan fingerprint density at radius 2 is 1.56 bits per heavy atom. The summed E-state index contributed by atoms with van der Waals surface area (Å²) in [5.41, 5.74) is 0.269. The zero-order valence-electron chi connectivity index (χ0n) is 37.1. The van der Waals surface area contributed by atoms with Crippen molar-refractivity contribution in [2.45, 2.75) is 150 Å². The molecule has 2 aromatic rings. The molecule has 0 aliphatic carbocycles. The number of rotatable bonds is 26. The zero-order chi connectivity index (χ0) is 45.3. The summed E-state index contributed by atoms with van der Waals surface area (Å²) < 4.78 is 35.9. The molecule has 0 spiro atoms. The number of carbonyl (C=O) groups is 4. The van der Waals surface area contributed by atoms with Crippen molar-refractivity contribution in [1.29, 1.82) is 0 Å². The van der Waals surface area contributed by atoms with Crippen LogP contribution in [0.4, 0.5) is 14.5 Å². The molecule has 5 N–H and O–H groups in total. The van der Waals surface area contributed by atoms with Crippen LogP contribution in [0, 0.1) is 27.7 Å². The van der Waals surface area contributed by atoms with Crippen molar-refractivity contribution in [1.82, 2.24) is 26.6 Å². The van der Waals surface area contributed by atoms with Crippen LogP contribution < -0.4 is 26.6 Å². The van der Waals surface area contributed by atoms with Crippen molar-refractivity contribution >= 4 is 41.1 Å². The van der Waals surface area contributed by atoms with E-state index >= 15 is 0 Å². The molecular weight excluding hydrogens is 807 g/mol. The van der Waals surface area contributed by atoms with E-state index in [9.17, 15) is 38.1 Å². The molecule has 13 nitrogen and oxygen atoms in total. The fourth-order valence-corrected chi connectivity index (χ4v) is 8.41. The monoisotopic (exact) mass is 874 g/mol. The van der Waals surface area contributed by atoms with Gasteiger partial charge in [-0.05, 0) is 87.0 Å². The Labute approximate surface area is 364 Å². The number of hydrogen-bond donors (Lipinski definition) is 5. The van der Waals surface area contributed by atoms with Crippen LogP contribution in [0.15, 0.2) is 42.3 Å². The van der Waals surface area contributed by atoms with E-state index in [1.165, 1.54) is 6.07 Å². The van der Waals surface area contributed by atoms with Gasteiger partial charge in [-0.2, -0.15) is 11.8 Å². The van der Waals surface area contributed by atoms with E-state index < -0.39 is 28.6 Å². The summed E-state index contributed by atoms with van der Waals surface area (Å²) in [7, 11) is 0. The molecule has 0 saturated carbocycles. The number of carbonyl (C=O) groups excluding carboxylic acids is 4. The van der Waals surface area contributed by atoms with E-state index in [0.717, 1.165) is 62.8 Å². The lowest BCUT2D eigenvalue weighted by Crippen LogP contribution is -2.41. The average Bonchev–Trinajstić information content (AvgIpc) is 3.57. The van der Waals surface area contributed by atoms with Gasteiger partial charge in [0.25, 0.3) is 11.6 Å². The first-order valence-electron chi connectivity index (χ1n) is 21.8. The molecule has 3 rings (SSSR count). The average molecular weight is 875 g/mol. The molecule has 1 fully saturated rings. The van der Waals surface area contributed by atoms with Gasteiger partial charge in [-0.25, -0.2) is 8.78 Å². The normalized spacial score (nSPS) is 16.4. The lowest BCUT2D eigenvalue weighted by molar-refractivity contribution is -0.386. The lowest BCUT2D eigenvalue weighted by Gasteiger charge is -2.22. The Kier molecular flexibility index (Phi) is 24.7. The molecule has 1 heterocycles. The maximum Gasteiger partial charge on any atom is 0.276 e. The quantitative estimate of drug-likeness (QED) is 0.0268. The molecule has 0 radical (unpaired) electrons. The number of nitrogens with zero attached hydrogens (tertiary/aromatic N) is 1. The second kappa shape index (κ2) is 28.7. The number of thioether (sulfide) groups is 1. The van der Waals surface area contributed by atoms with Gasteiger partial charge in [0.15, 0.2) is 5.88 Å². The molecule has 61 heavy (non-hydrogen) atoms. The van der Waals surface area contributed by atoms with Gasteiger partial charge in [-0.3, -0.25) is 29.3 Å². The molecule has 4 unspecified atom stereocenters. The minimum atomic E-state index is -0.901. The van der Waals surface area contributed by atoms with Crippen molar-refractivity contribution in [3.8, 4) is 0 Å². The summed E-state index contributed by atoms with van der Waals surface area (Å²) in [5.74, 6) is -0.883. The van der Waals surface area contributed by atoms with Gasteiger partial charge in [-0.1, -0.05) is 59.9 Å². The van der Waals surface area contributed by atoms with Gasteiger partial charge < -0.3 is 31.3 Å². The number of ether oxygens (including phenoxy) is 1. The predicted octanol–water partition coefficient (Wildman–Crippen LogP) is 8.66. The summed E-state index contributed by atoms with van der Waals surface area (Å²) in [4.78, 5) is 60.2. The van der Waals surface area contributed by atoms with E-state index in [-0.39, 0.29) is 71.5 Å². The maximum atomic E-state index is 15.0. The largest absolute Gasteiger partial charge is 0.471 e. The lowest BCUT2D eigenvalue weighted by atomic mass is 9.97. The SMILES string of the molecule is CC.CC/C=C(\NCc1c(F)cc(C(=O)NCCCC)cc1F)OC(C)c1cc(CNC(=O)CCCCCNC(=O)CCCCC2SCC(C)C2NC(C)=O)ccc1[N+](=O)[O-]. The first-order valence-corrected chi connectivity index (χ1v) is 22.8. The minimum Gasteiger partial charge on any atom is -0.471 e. The Morgan fingerprint density at radius 3 is 2.20 bits per heavy atom. The highest BCUT2D eigenvalue weighted by Crippen LogP contribution is 2.35. The second-order valence-electron chi connectivity index (χ2n) is 15.0. The molecule has 1 saturated heterocycles. The van der Waals surface area contributed by atoms with Crippen molar-refractivity contribution in [2.24, 2.45) is 5.92 Å². The molecule has 16 heteroatoms. The smallest absolute Gasteiger partial charge is 0.276 e. The zero-order valence-corrected chi connectivity index (χ0v) is 37.9. The highest BCUT2D eigenvalue weighted by molar-refractivity contribution is 8.00. The van der Waals surface area contributed by atoms with Crippen molar-refractivity contribution in [2.75, 3.05) is 18.8 Å². The third kappa shape index (κ3) is 18.8. The fraction of sp³-hybridized carbons (Fsp3) is 0.600. The first kappa shape index (κ1) is 52.4. The maximum absolute atomic E-state index is 15.0. The second-order valence-corrected chi connectivity index (χ2v) is 16.3. The molecule has 0 aromatic heterocycles. The predicted molar refractivity (Wildman–Crippen MR) is 238 cm³/mol. The molecule has 1 aliphatic heterocycles. The van der Waals surface area contributed by atoms with Crippen LogP contribution in [-0.2, 0) is 32.2 Å². The number of benzene rings is 2. The highest BCUT2D eigenvalue weighted by atomic mass is 32.2. The molecule has 340 valence electrons. The highest BCUT2D eigenvalue weighted by Gasteiger charge is 2.34. The topological polar surface area (TPSA) is 181 Å². The Balaban J connectivity index is 0.00000631. The number of allylic oxidation sites excluding steroid dienone is 1. The number of halogens is 2.